The molecule has 2 aromatic rings. The molecule has 0 bridgehead atoms. The molecule has 0 saturated heterocycles. The second-order valence-corrected chi connectivity index (χ2v) is 3.57. The fourth-order valence-corrected chi connectivity index (χ4v) is 1.49. The van der Waals surface area contributed by atoms with Crippen molar-refractivity contribution < 1.29 is 0 Å². The van der Waals surface area contributed by atoms with E-state index in [1.807, 2.05) is 10.9 Å². The molecule has 0 unspecified atom stereocenters. The second kappa shape index (κ2) is 3.66. The minimum atomic E-state index is 0.830. The van der Waals surface area contributed by atoms with Gasteiger partial charge in [-0.1, -0.05) is 23.8 Å². The summed E-state index contributed by atoms with van der Waals surface area (Å²) in [6.45, 7) is 5.07. The first kappa shape index (κ1) is 9.00. The number of nitrogens with zero attached hydrogens (tertiary/aromatic N) is 2. The Kier molecular flexibility index (Phi) is 2.35. The van der Waals surface area contributed by atoms with Crippen molar-refractivity contribution in [3.05, 3.63) is 53.3 Å². The van der Waals surface area contributed by atoms with Crippen LogP contribution in [0.5, 0.6) is 0 Å². The third kappa shape index (κ3) is 1.84. The van der Waals surface area contributed by atoms with Crippen LogP contribution in [0.3, 0.4) is 0 Å². The molecule has 0 aliphatic heterocycles. The van der Waals surface area contributed by atoms with E-state index in [1.165, 1.54) is 16.7 Å². The van der Waals surface area contributed by atoms with Crippen molar-refractivity contribution in [2.24, 2.45) is 0 Å². The van der Waals surface area contributed by atoms with E-state index >= 15 is 0 Å². The number of rotatable bonds is 2. The van der Waals surface area contributed by atoms with Gasteiger partial charge < -0.3 is 0 Å². The zero-order chi connectivity index (χ0) is 9.97. The predicted molar refractivity (Wildman–Crippen MR) is 56.1 cm³/mol. The lowest BCUT2D eigenvalue weighted by Gasteiger charge is -2.06. The summed E-state index contributed by atoms with van der Waals surface area (Å²) in [5, 5.41) is 4.14. The van der Waals surface area contributed by atoms with E-state index < -0.39 is 0 Å². The molecule has 0 fully saturated rings. The van der Waals surface area contributed by atoms with E-state index in [2.05, 4.69) is 43.2 Å². The summed E-state index contributed by atoms with van der Waals surface area (Å²) in [5.41, 5.74) is 3.93. The molecule has 71 valence electrons. The molecule has 0 N–H and O–H groups in total. The van der Waals surface area contributed by atoms with E-state index in [0.717, 1.165) is 6.54 Å². The van der Waals surface area contributed by atoms with Crippen LogP contribution in [0.4, 0.5) is 0 Å². The maximum absolute atomic E-state index is 4.14. The van der Waals surface area contributed by atoms with Crippen molar-refractivity contribution in [2.45, 2.75) is 20.4 Å². The van der Waals surface area contributed by atoms with Crippen molar-refractivity contribution in [1.29, 1.82) is 0 Å². The van der Waals surface area contributed by atoms with Gasteiger partial charge >= 0.3 is 0 Å². The highest BCUT2D eigenvalue weighted by atomic mass is 15.3. The molecule has 2 rings (SSSR count). The normalized spacial score (nSPS) is 10.4. The third-order valence-corrected chi connectivity index (χ3v) is 2.34. The first-order chi connectivity index (χ1) is 6.75. The van der Waals surface area contributed by atoms with Crippen molar-refractivity contribution in [3.8, 4) is 0 Å². The van der Waals surface area contributed by atoms with Gasteiger partial charge in [0.25, 0.3) is 0 Å². The Morgan fingerprint density at radius 2 is 2.21 bits per heavy atom. The van der Waals surface area contributed by atoms with Crippen LogP contribution in [-0.4, -0.2) is 9.78 Å². The van der Waals surface area contributed by atoms with Crippen LogP contribution in [0.15, 0.2) is 30.6 Å². The summed E-state index contributed by atoms with van der Waals surface area (Å²) < 4.78 is 1.89. The lowest BCUT2D eigenvalue weighted by Crippen LogP contribution is -2.01. The van der Waals surface area contributed by atoms with Crippen LogP contribution in [0, 0.1) is 19.9 Å². The summed E-state index contributed by atoms with van der Waals surface area (Å²) in [5.74, 6) is 0. The standard InChI is InChI=1S/C12H13N2/c1-10-4-5-11(2)12(8-10)9-14-7-3-6-13-14/h4-8H,9H2,1-2H3. The summed E-state index contributed by atoms with van der Waals surface area (Å²) >= 11 is 0. The Labute approximate surface area is 84.2 Å². The van der Waals surface area contributed by atoms with E-state index in [4.69, 9.17) is 0 Å². The summed E-state index contributed by atoms with van der Waals surface area (Å²) in [7, 11) is 0. The Morgan fingerprint density at radius 3 is 2.93 bits per heavy atom. The van der Waals surface area contributed by atoms with E-state index in [1.54, 1.807) is 6.20 Å². The van der Waals surface area contributed by atoms with Crippen LogP contribution >= 0.6 is 0 Å². The maximum atomic E-state index is 4.14. The van der Waals surface area contributed by atoms with Gasteiger partial charge in [0, 0.05) is 12.3 Å². The Hall–Kier alpha value is -1.57. The van der Waals surface area contributed by atoms with Crippen molar-refractivity contribution in [2.75, 3.05) is 0 Å². The molecule has 1 aromatic heterocycles. The first-order valence-corrected chi connectivity index (χ1v) is 4.70. The average molecular weight is 185 g/mol. The Morgan fingerprint density at radius 1 is 1.36 bits per heavy atom. The van der Waals surface area contributed by atoms with E-state index in [-0.39, 0.29) is 0 Å². The third-order valence-electron chi connectivity index (χ3n) is 2.34. The van der Waals surface area contributed by atoms with Crippen molar-refractivity contribution in [3.63, 3.8) is 0 Å². The largest absolute Gasteiger partial charge is 0.268 e. The zero-order valence-corrected chi connectivity index (χ0v) is 8.49. The highest BCUT2D eigenvalue weighted by Gasteiger charge is 1.99. The van der Waals surface area contributed by atoms with Gasteiger partial charge in [-0.15, -0.1) is 0 Å². The minimum absolute atomic E-state index is 0.830. The van der Waals surface area contributed by atoms with Crippen LogP contribution < -0.4 is 0 Å². The maximum Gasteiger partial charge on any atom is 0.0662 e. The number of hydrogen-bond donors (Lipinski definition) is 0. The summed E-state index contributed by atoms with van der Waals surface area (Å²) in [6.07, 6.45) is 3.55. The molecule has 2 heteroatoms. The van der Waals surface area contributed by atoms with Crippen LogP contribution in [0.1, 0.15) is 16.7 Å². The molecule has 2 nitrogen and oxygen atoms in total. The number of benzene rings is 1. The van der Waals surface area contributed by atoms with Gasteiger partial charge in [0.15, 0.2) is 0 Å². The molecule has 14 heavy (non-hydrogen) atoms. The van der Waals surface area contributed by atoms with Crippen molar-refractivity contribution >= 4 is 0 Å². The highest BCUT2D eigenvalue weighted by Crippen LogP contribution is 2.11. The highest BCUT2D eigenvalue weighted by molar-refractivity contribution is 5.30. The Balaban J connectivity index is 2.28. The number of aromatic nitrogens is 2. The lowest BCUT2D eigenvalue weighted by atomic mass is 10.1. The SMILES string of the molecule is Cc1ccc(C)c(Cn2c[c]cn2)c1. The molecule has 0 spiro atoms. The Bertz CT molecular complexity index is 416. The van der Waals surface area contributed by atoms with Crippen molar-refractivity contribution in [1.82, 2.24) is 9.78 Å². The molecule has 0 aliphatic rings. The molecule has 1 radical (unpaired) electrons. The van der Waals surface area contributed by atoms with E-state index in [0.29, 0.717) is 0 Å². The van der Waals surface area contributed by atoms with Gasteiger partial charge in [-0.05, 0) is 25.0 Å². The molecule has 0 saturated carbocycles. The molecule has 1 heterocycles. The fourth-order valence-electron chi connectivity index (χ4n) is 1.49. The number of hydrogen-bond acceptors (Lipinski definition) is 1. The molecule has 0 atom stereocenters. The van der Waals surface area contributed by atoms with Crippen LogP contribution in [0.25, 0.3) is 0 Å². The molecule has 0 amide bonds. The zero-order valence-electron chi connectivity index (χ0n) is 8.49. The quantitative estimate of drug-likeness (QED) is 0.702. The lowest BCUT2D eigenvalue weighted by molar-refractivity contribution is 0.683. The minimum Gasteiger partial charge on any atom is -0.268 e. The monoisotopic (exact) mass is 185 g/mol. The fraction of sp³-hybridized carbons (Fsp3) is 0.250. The van der Waals surface area contributed by atoms with Gasteiger partial charge in [0.05, 0.1) is 12.7 Å². The van der Waals surface area contributed by atoms with Gasteiger partial charge in [0.2, 0.25) is 0 Å². The van der Waals surface area contributed by atoms with Crippen LogP contribution in [-0.2, 0) is 6.54 Å². The molecular weight excluding hydrogens is 172 g/mol. The summed E-state index contributed by atoms with van der Waals surface area (Å²) in [4.78, 5) is 0. The molecule has 0 aliphatic carbocycles. The second-order valence-electron chi connectivity index (χ2n) is 3.57. The first-order valence-electron chi connectivity index (χ1n) is 4.70. The average Bonchev–Trinajstić information content (AvgIpc) is 2.64. The smallest absolute Gasteiger partial charge is 0.0662 e. The topological polar surface area (TPSA) is 17.8 Å². The number of aryl methyl sites for hydroxylation is 2. The van der Waals surface area contributed by atoms with Gasteiger partial charge in [-0.2, -0.15) is 5.10 Å². The van der Waals surface area contributed by atoms with Gasteiger partial charge in [0.1, 0.15) is 0 Å². The predicted octanol–water partition coefficient (Wildman–Crippen LogP) is 2.35. The summed E-state index contributed by atoms with van der Waals surface area (Å²) in [6, 6.07) is 9.42. The van der Waals surface area contributed by atoms with Gasteiger partial charge in [-0.3, -0.25) is 4.68 Å². The molecule has 1 aromatic carbocycles. The van der Waals surface area contributed by atoms with Gasteiger partial charge in [-0.25, -0.2) is 0 Å². The van der Waals surface area contributed by atoms with E-state index in [9.17, 15) is 0 Å². The van der Waals surface area contributed by atoms with Crippen LogP contribution in [0.2, 0.25) is 0 Å². The molecular formula is C12H13N2.